The monoisotopic (exact) mass is 347 g/mol. The molecule has 128 valence electrons. The van der Waals surface area contributed by atoms with E-state index in [4.69, 9.17) is 4.42 Å². The zero-order chi connectivity index (χ0) is 18.0. The zero-order valence-electron chi connectivity index (χ0n) is 13.0. The number of carbonyl (C=O) groups excluding carboxylic acids is 1. The molecule has 0 bridgehead atoms. The van der Waals surface area contributed by atoms with Gasteiger partial charge in [0, 0.05) is 11.1 Å². The number of rotatable bonds is 3. The fourth-order valence-electron chi connectivity index (χ4n) is 2.24. The summed E-state index contributed by atoms with van der Waals surface area (Å²) >= 11 is 0. The summed E-state index contributed by atoms with van der Waals surface area (Å²) in [6.45, 7) is 0. The topological polar surface area (TPSA) is 52.3 Å². The summed E-state index contributed by atoms with van der Waals surface area (Å²) in [5.41, 5.74) is 1.22. The van der Waals surface area contributed by atoms with E-state index in [0.29, 0.717) is 28.3 Å². The van der Waals surface area contributed by atoms with Crippen molar-refractivity contribution in [2.45, 2.75) is 6.18 Å². The molecule has 4 nitrogen and oxygen atoms in total. The molecule has 0 unspecified atom stereocenters. The predicted octanol–water partition coefficient (Wildman–Crippen LogP) is 4.81. The van der Waals surface area contributed by atoms with Crippen molar-refractivity contribution in [3.8, 4) is 22.7 Å². The van der Waals surface area contributed by atoms with Gasteiger partial charge in [0.05, 0.1) is 18.2 Å². The van der Waals surface area contributed by atoms with Gasteiger partial charge in [0.1, 0.15) is 12.0 Å². The summed E-state index contributed by atoms with van der Waals surface area (Å²) in [4.78, 5) is 15.7. The van der Waals surface area contributed by atoms with Gasteiger partial charge in [0.25, 0.3) is 0 Å². The number of methoxy groups -OCH3 is 1. The molecule has 0 aliphatic rings. The summed E-state index contributed by atoms with van der Waals surface area (Å²) in [6.07, 6.45) is -3.01. The van der Waals surface area contributed by atoms with Gasteiger partial charge in [-0.05, 0) is 36.4 Å². The summed E-state index contributed by atoms with van der Waals surface area (Å²) in [5, 5.41) is 0. The SMILES string of the molecule is COC(=O)c1ccc(-c2nc(-c3ccc(C(F)(F)F)cc3)co2)cc1. The number of ether oxygens (including phenoxy) is 1. The van der Waals surface area contributed by atoms with E-state index in [1.807, 2.05) is 0 Å². The lowest BCUT2D eigenvalue weighted by molar-refractivity contribution is -0.137. The first-order valence-corrected chi connectivity index (χ1v) is 7.20. The third-order valence-corrected chi connectivity index (χ3v) is 3.57. The minimum absolute atomic E-state index is 0.298. The van der Waals surface area contributed by atoms with E-state index in [1.54, 1.807) is 24.3 Å². The van der Waals surface area contributed by atoms with Gasteiger partial charge in [-0.1, -0.05) is 12.1 Å². The molecule has 0 amide bonds. The number of halogens is 3. The van der Waals surface area contributed by atoms with E-state index in [1.165, 1.54) is 25.5 Å². The summed E-state index contributed by atoms with van der Waals surface area (Å²) in [5.74, 6) is -0.157. The van der Waals surface area contributed by atoms with Crippen LogP contribution in [0, 0.1) is 0 Å². The second-order valence-corrected chi connectivity index (χ2v) is 5.18. The second-order valence-electron chi connectivity index (χ2n) is 5.18. The van der Waals surface area contributed by atoms with Crippen LogP contribution in [0.4, 0.5) is 13.2 Å². The Labute approximate surface area is 140 Å². The van der Waals surface area contributed by atoms with Gasteiger partial charge in [0.15, 0.2) is 0 Å². The van der Waals surface area contributed by atoms with Crippen LogP contribution in [-0.4, -0.2) is 18.1 Å². The molecule has 0 aliphatic heterocycles. The van der Waals surface area contributed by atoms with Gasteiger partial charge >= 0.3 is 12.1 Å². The highest BCUT2D eigenvalue weighted by Gasteiger charge is 2.30. The van der Waals surface area contributed by atoms with Crippen LogP contribution in [0.1, 0.15) is 15.9 Å². The Morgan fingerprint density at radius 1 is 1.00 bits per heavy atom. The number of carbonyl (C=O) groups is 1. The lowest BCUT2D eigenvalue weighted by Gasteiger charge is -2.06. The molecule has 25 heavy (non-hydrogen) atoms. The molecule has 1 aromatic heterocycles. The minimum atomic E-state index is -4.38. The normalized spacial score (nSPS) is 11.4. The van der Waals surface area contributed by atoms with Crippen LogP contribution in [0.25, 0.3) is 22.7 Å². The van der Waals surface area contributed by atoms with Crippen molar-refractivity contribution in [1.29, 1.82) is 0 Å². The molecule has 2 aromatic carbocycles. The lowest BCUT2D eigenvalue weighted by atomic mass is 10.1. The van der Waals surface area contributed by atoms with Crippen molar-refractivity contribution in [2.24, 2.45) is 0 Å². The minimum Gasteiger partial charge on any atom is -0.465 e. The fourth-order valence-corrected chi connectivity index (χ4v) is 2.24. The Morgan fingerprint density at radius 3 is 2.16 bits per heavy atom. The summed E-state index contributed by atoms with van der Waals surface area (Å²) in [6, 6.07) is 11.1. The first kappa shape index (κ1) is 16.8. The van der Waals surface area contributed by atoms with Gasteiger partial charge < -0.3 is 9.15 Å². The Kier molecular flexibility index (Phi) is 4.31. The maximum Gasteiger partial charge on any atom is 0.416 e. The number of nitrogens with zero attached hydrogens (tertiary/aromatic N) is 1. The van der Waals surface area contributed by atoms with Crippen molar-refractivity contribution in [2.75, 3.05) is 7.11 Å². The molecule has 0 aliphatic carbocycles. The Morgan fingerprint density at radius 2 is 1.60 bits per heavy atom. The maximum atomic E-state index is 12.6. The number of hydrogen-bond donors (Lipinski definition) is 0. The first-order valence-electron chi connectivity index (χ1n) is 7.20. The number of alkyl halides is 3. The van der Waals surface area contributed by atoms with E-state index in [0.717, 1.165) is 12.1 Å². The Bertz CT molecular complexity index is 881. The van der Waals surface area contributed by atoms with Crippen molar-refractivity contribution >= 4 is 5.97 Å². The van der Waals surface area contributed by atoms with Crippen LogP contribution in [0.5, 0.6) is 0 Å². The number of oxazole rings is 1. The number of hydrogen-bond acceptors (Lipinski definition) is 4. The van der Waals surface area contributed by atoms with E-state index >= 15 is 0 Å². The highest BCUT2D eigenvalue weighted by molar-refractivity contribution is 5.89. The zero-order valence-corrected chi connectivity index (χ0v) is 13.0. The lowest BCUT2D eigenvalue weighted by Crippen LogP contribution is -2.03. The average molecular weight is 347 g/mol. The molecule has 1 heterocycles. The van der Waals surface area contributed by atoms with Gasteiger partial charge in [-0.25, -0.2) is 9.78 Å². The van der Waals surface area contributed by atoms with Crippen molar-refractivity contribution in [3.63, 3.8) is 0 Å². The molecule has 3 rings (SSSR count). The van der Waals surface area contributed by atoms with Crippen molar-refractivity contribution < 1.29 is 27.1 Å². The molecule has 0 N–H and O–H groups in total. The molecular formula is C18H12F3NO3. The van der Waals surface area contributed by atoms with E-state index in [2.05, 4.69) is 9.72 Å². The highest BCUT2D eigenvalue weighted by Crippen LogP contribution is 2.31. The molecule has 7 heteroatoms. The third kappa shape index (κ3) is 3.55. The molecule has 0 atom stereocenters. The fraction of sp³-hybridized carbons (Fsp3) is 0.111. The van der Waals surface area contributed by atoms with Gasteiger partial charge in [-0.15, -0.1) is 0 Å². The predicted molar refractivity (Wildman–Crippen MR) is 83.7 cm³/mol. The van der Waals surface area contributed by atoms with Crippen LogP contribution < -0.4 is 0 Å². The third-order valence-electron chi connectivity index (χ3n) is 3.57. The molecule has 3 aromatic rings. The van der Waals surface area contributed by atoms with Crippen molar-refractivity contribution in [1.82, 2.24) is 4.98 Å². The van der Waals surface area contributed by atoms with Gasteiger partial charge in [-0.2, -0.15) is 13.2 Å². The quantitative estimate of drug-likeness (QED) is 0.638. The number of benzene rings is 2. The highest BCUT2D eigenvalue weighted by atomic mass is 19.4. The summed E-state index contributed by atoms with van der Waals surface area (Å²) < 4.78 is 47.8. The largest absolute Gasteiger partial charge is 0.465 e. The van der Waals surface area contributed by atoms with Crippen LogP contribution in [0.2, 0.25) is 0 Å². The Hall–Kier alpha value is -3.09. The van der Waals surface area contributed by atoms with Crippen molar-refractivity contribution in [3.05, 3.63) is 65.9 Å². The van der Waals surface area contributed by atoms with Gasteiger partial charge in [-0.3, -0.25) is 0 Å². The molecule has 0 saturated heterocycles. The first-order chi connectivity index (χ1) is 11.9. The second kappa shape index (κ2) is 6.43. The molecule has 0 radical (unpaired) electrons. The smallest absolute Gasteiger partial charge is 0.416 e. The number of esters is 1. The average Bonchev–Trinajstić information content (AvgIpc) is 3.10. The number of aromatic nitrogens is 1. The molecular weight excluding hydrogens is 335 g/mol. The van der Waals surface area contributed by atoms with Gasteiger partial charge in [0.2, 0.25) is 5.89 Å². The Balaban J connectivity index is 1.84. The van der Waals surface area contributed by atoms with Crippen LogP contribution in [-0.2, 0) is 10.9 Å². The summed E-state index contributed by atoms with van der Waals surface area (Å²) in [7, 11) is 1.29. The molecule has 0 saturated carbocycles. The van der Waals surface area contributed by atoms with Crippen LogP contribution >= 0.6 is 0 Å². The molecule has 0 fully saturated rings. The van der Waals surface area contributed by atoms with E-state index < -0.39 is 17.7 Å². The standard InChI is InChI=1S/C18H12F3NO3/c1-24-17(23)13-4-2-12(3-5-13)16-22-15(10-25-16)11-6-8-14(9-7-11)18(19,20)21/h2-10H,1H3. The molecule has 0 spiro atoms. The van der Waals surface area contributed by atoms with Crippen LogP contribution in [0.3, 0.4) is 0 Å². The van der Waals surface area contributed by atoms with Crippen LogP contribution in [0.15, 0.2) is 59.2 Å². The maximum absolute atomic E-state index is 12.6. The van der Waals surface area contributed by atoms with E-state index in [-0.39, 0.29) is 0 Å². The van der Waals surface area contributed by atoms with E-state index in [9.17, 15) is 18.0 Å².